The maximum Gasteiger partial charge on any atom is 0.119 e. The molecule has 1 aromatic rings. The van der Waals surface area contributed by atoms with Crippen LogP contribution in [0.3, 0.4) is 0 Å². The van der Waals surface area contributed by atoms with Gasteiger partial charge < -0.3 is 14.9 Å². The summed E-state index contributed by atoms with van der Waals surface area (Å²) < 4.78 is 5.56. The highest BCUT2D eigenvalue weighted by atomic mass is 16.5. The van der Waals surface area contributed by atoms with Crippen LogP contribution in [0.4, 0.5) is 0 Å². The third kappa shape index (κ3) is 4.51. The Hall–Kier alpha value is -1.06. The largest absolute Gasteiger partial charge is 0.491 e. The Bertz CT molecular complexity index is 355. The van der Waals surface area contributed by atoms with Crippen molar-refractivity contribution in [3.63, 3.8) is 0 Å². The topological polar surface area (TPSA) is 49.7 Å². The molecule has 0 aliphatic rings. The van der Waals surface area contributed by atoms with Crippen molar-refractivity contribution in [2.45, 2.75) is 58.8 Å². The first kappa shape index (κ1) is 16.0. The van der Waals surface area contributed by atoms with E-state index in [4.69, 9.17) is 4.74 Å². The van der Waals surface area contributed by atoms with E-state index in [2.05, 4.69) is 0 Å². The minimum absolute atomic E-state index is 0.126. The quantitative estimate of drug-likeness (QED) is 0.796. The van der Waals surface area contributed by atoms with E-state index in [-0.39, 0.29) is 12.0 Å². The summed E-state index contributed by atoms with van der Waals surface area (Å²) in [5.41, 5.74) is 0.732. The van der Waals surface area contributed by atoms with Gasteiger partial charge in [-0.05, 0) is 37.5 Å². The number of aliphatic hydroxyl groups is 2. The van der Waals surface area contributed by atoms with Crippen LogP contribution in [0.2, 0.25) is 0 Å². The first-order valence-corrected chi connectivity index (χ1v) is 7.12. The van der Waals surface area contributed by atoms with Crippen LogP contribution in [-0.4, -0.2) is 22.4 Å². The van der Waals surface area contributed by atoms with Gasteiger partial charge >= 0.3 is 0 Å². The van der Waals surface area contributed by atoms with E-state index in [9.17, 15) is 10.2 Å². The van der Waals surface area contributed by atoms with Crippen LogP contribution in [0.15, 0.2) is 24.3 Å². The number of hydrogen-bond donors (Lipinski definition) is 2. The fourth-order valence-electron chi connectivity index (χ4n) is 2.24. The molecule has 0 bridgehead atoms. The summed E-state index contributed by atoms with van der Waals surface area (Å²) in [5, 5.41) is 20.4. The molecule has 1 rings (SSSR count). The highest BCUT2D eigenvalue weighted by molar-refractivity contribution is 5.29. The number of rotatable bonds is 7. The molecule has 0 aliphatic carbocycles. The fraction of sp³-hybridized carbons (Fsp3) is 0.625. The molecule has 19 heavy (non-hydrogen) atoms. The van der Waals surface area contributed by atoms with Gasteiger partial charge in [0, 0.05) is 0 Å². The van der Waals surface area contributed by atoms with E-state index in [0.29, 0.717) is 0 Å². The molecule has 0 saturated carbocycles. The second-order valence-electron chi connectivity index (χ2n) is 5.25. The van der Waals surface area contributed by atoms with Gasteiger partial charge in [-0.25, -0.2) is 0 Å². The molecule has 108 valence electrons. The van der Waals surface area contributed by atoms with E-state index in [0.717, 1.165) is 24.2 Å². The van der Waals surface area contributed by atoms with Gasteiger partial charge in [-0.3, -0.25) is 0 Å². The normalized spacial score (nSPS) is 14.7. The van der Waals surface area contributed by atoms with Crippen LogP contribution in [0.1, 0.15) is 52.2 Å². The molecule has 2 atom stereocenters. The molecule has 0 heterocycles. The summed E-state index contributed by atoms with van der Waals surface area (Å²) >= 11 is 0. The molecule has 3 heteroatoms. The Kier molecular flexibility index (Phi) is 6.32. The van der Waals surface area contributed by atoms with Crippen molar-refractivity contribution in [2.75, 3.05) is 0 Å². The molecule has 0 spiro atoms. The van der Waals surface area contributed by atoms with Gasteiger partial charge in [-0.1, -0.05) is 38.8 Å². The average molecular weight is 266 g/mol. The molecular formula is C16H26O3. The van der Waals surface area contributed by atoms with Crippen LogP contribution in [0.5, 0.6) is 5.75 Å². The zero-order valence-corrected chi connectivity index (χ0v) is 12.3. The van der Waals surface area contributed by atoms with Crippen molar-refractivity contribution in [1.82, 2.24) is 0 Å². The first-order chi connectivity index (χ1) is 8.99. The summed E-state index contributed by atoms with van der Waals surface area (Å²) in [6.07, 6.45) is 0.308. The average Bonchev–Trinajstić information content (AvgIpc) is 2.39. The Morgan fingerprint density at radius 2 is 1.53 bits per heavy atom. The molecule has 0 saturated heterocycles. The van der Waals surface area contributed by atoms with Crippen LogP contribution in [-0.2, 0) is 0 Å². The van der Waals surface area contributed by atoms with Gasteiger partial charge in [0.2, 0.25) is 0 Å². The van der Waals surface area contributed by atoms with Gasteiger partial charge in [0.1, 0.15) is 11.9 Å². The minimum Gasteiger partial charge on any atom is -0.491 e. The molecule has 0 radical (unpaired) electrons. The zero-order chi connectivity index (χ0) is 14.4. The summed E-state index contributed by atoms with van der Waals surface area (Å²) in [6.45, 7) is 8.01. The lowest BCUT2D eigenvalue weighted by Crippen LogP contribution is -2.27. The van der Waals surface area contributed by atoms with Gasteiger partial charge in [0.05, 0.1) is 12.2 Å². The Labute approximate surface area is 116 Å². The molecule has 2 N–H and O–H groups in total. The van der Waals surface area contributed by atoms with Gasteiger partial charge in [0.25, 0.3) is 0 Å². The molecule has 0 amide bonds. The van der Waals surface area contributed by atoms with Crippen molar-refractivity contribution < 1.29 is 14.9 Å². The third-order valence-electron chi connectivity index (χ3n) is 3.45. The van der Waals surface area contributed by atoms with Crippen molar-refractivity contribution in [2.24, 2.45) is 5.92 Å². The summed E-state index contributed by atoms with van der Waals surface area (Å²) in [6, 6.07) is 7.29. The van der Waals surface area contributed by atoms with Crippen molar-refractivity contribution in [3.05, 3.63) is 29.8 Å². The summed E-state index contributed by atoms with van der Waals surface area (Å²) in [5.74, 6) is 0.907. The van der Waals surface area contributed by atoms with Gasteiger partial charge in [-0.2, -0.15) is 0 Å². The lowest BCUT2D eigenvalue weighted by molar-refractivity contribution is -0.0209. The Balaban J connectivity index is 2.74. The molecule has 2 unspecified atom stereocenters. The number of aliphatic hydroxyl groups excluding tert-OH is 2. The lowest BCUT2D eigenvalue weighted by atomic mass is 9.90. The van der Waals surface area contributed by atoms with Crippen molar-refractivity contribution in [1.29, 1.82) is 0 Å². The van der Waals surface area contributed by atoms with Crippen LogP contribution in [0, 0.1) is 5.92 Å². The minimum atomic E-state index is -0.835. The van der Waals surface area contributed by atoms with E-state index in [1.807, 2.05) is 52.0 Å². The lowest BCUT2D eigenvalue weighted by Gasteiger charge is -2.25. The molecular weight excluding hydrogens is 240 g/mol. The molecule has 0 aliphatic heterocycles. The first-order valence-electron chi connectivity index (χ1n) is 7.12. The monoisotopic (exact) mass is 266 g/mol. The standard InChI is InChI=1S/C16H26O3/c1-5-12(6-2)15(17)16(18)13-7-9-14(10-8-13)19-11(3)4/h7-12,15-18H,5-6H2,1-4H3. The van der Waals surface area contributed by atoms with Gasteiger partial charge in [-0.15, -0.1) is 0 Å². The van der Waals surface area contributed by atoms with E-state index in [1.165, 1.54) is 0 Å². The van der Waals surface area contributed by atoms with E-state index in [1.54, 1.807) is 0 Å². The second-order valence-corrected chi connectivity index (χ2v) is 5.25. The zero-order valence-electron chi connectivity index (χ0n) is 12.3. The van der Waals surface area contributed by atoms with Crippen molar-refractivity contribution >= 4 is 0 Å². The Morgan fingerprint density at radius 1 is 1.00 bits per heavy atom. The van der Waals surface area contributed by atoms with Gasteiger partial charge in [0.15, 0.2) is 0 Å². The van der Waals surface area contributed by atoms with Crippen LogP contribution < -0.4 is 4.74 Å². The third-order valence-corrected chi connectivity index (χ3v) is 3.45. The van der Waals surface area contributed by atoms with E-state index < -0.39 is 12.2 Å². The predicted octanol–water partition coefficient (Wildman–Crippen LogP) is 3.30. The highest BCUT2D eigenvalue weighted by Crippen LogP contribution is 2.27. The molecule has 1 aromatic carbocycles. The van der Waals surface area contributed by atoms with Crippen molar-refractivity contribution in [3.8, 4) is 5.75 Å². The smallest absolute Gasteiger partial charge is 0.119 e. The fourth-order valence-corrected chi connectivity index (χ4v) is 2.24. The molecule has 0 fully saturated rings. The highest BCUT2D eigenvalue weighted by Gasteiger charge is 2.24. The second kappa shape index (κ2) is 7.51. The predicted molar refractivity (Wildman–Crippen MR) is 77.2 cm³/mol. The maximum atomic E-state index is 10.2. The molecule has 3 nitrogen and oxygen atoms in total. The molecule has 0 aromatic heterocycles. The summed E-state index contributed by atoms with van der Waals surface area (Å²) in [4.78, 5) is 0. The summed E-state index contributed by atoms with van der Waals surface area (Å²) in [7, 11) is 0. The maximum absolute atomic E-state index is 10.2. The van der Waals surface area contributed by atoms with Crippen LogP contribution in [0.25, 0.3) is 0 Å². The van der Waals surface area contributed by atoms with Crippen LogP contribution >= 0.6 is 0 Å². The Morgan fingerprint density at radius 3 is 1.95 bits per heavy atom. The number of hydrogen-bond acceptors (Lipinski definition) is 3. The SMILES string of the molecule is CCC(CC)C(O)C(O)c1ccc(OC(C)C)cc1. The number of benzene rings is 1. The van der Waals surface area contributed by atoms with E-state index >= 15 is 0 Å². The number of ether oxygens (including phenoxy) is 1.